The summed E-state index contributed by atoms with van der Waals surface area (Å²) in [6, 6.07) is 0. The molecular weight excluding hydrogens is 168 g/mol. The summed E-state index contributed by atoms with van der Waals surface area (Å²) in [4.78, 5) is 27.7. The third kappa shape index (κ3) is 1.61. The van der Waals surface area contributed by atoms with E-state index in [2.05, 4.69) is 23.1 Å². The summed E-state index contributed by atoms with van der Waals surface area (Å²) >= 11 is 0. The summed E-state index contributed by atoms with van der Waals surface area (Å²) in [5.41, 5.74) is 0.235. The molecule has 4 nitrogen and oxygen atoms in total. The number of rotatable bonds is 3. The molecule has 1 aromatic heterocycles. The standard InChI is InChI=1S/C9H8N2O2/c1-3-6-7(4-2)11-9(13)8(5-12)10-6/h3-5H,1-2H2,(H,11,13). The molecular formula is C9H8N2O2. The zero-order valence-corrected chi connectivity index (χ0v) is 6.91. The smallest absolute Gasteiger partial charge is 0.277 e. The largest absolute Gasteiger partial charge is 0.319 e. The van der Waals surface area contributed by atoms with Gasteiger partial charge in [-0.2, -0.15) is 0 Å². The molecule has 1 aromatic rings. The number of carbonyl (C=O) groups is 1. The van der Waals surface area contributed by atoms with Gasteiger partial charge in [-0.25, -0.2) is 4.98 Å². The minimum Gasteiger partial charge on any atom is -0.319 e. The normalized spacial score (nSPS) is 9.23. The van der Waals surface area contributed by atoms with E-state index in [1.54, 1.807) is 0 Å². The fraction of sp³-hybridized carbons (Fsp3) is 0. The first-order valence-corrected chi connectivity index (χ1v) is 3.57. The Morgan fingerprint density at radius 1 is 1.23 bits per heavy atom. The maximum Gasteiger partial charge on any atom is 0.277 e. The molecule has 0 radical (unpaired) electrons. The van der Waals surface area contributed by atoms with Crippen LogP contribution in [0.4, 0.5) is 0 Å². The molecule has 0 aliphatic heterocycles. The SMILES string of the molecule is C=Cc1nc(C=O)c(=O)[nH]c1C=C. The summed E-state index contributed by atoms with van der Waals surface area (Å²) < 4.78 is 0. The van der Waals surface area contributed by atoms with Gasteiger partial charge in [-0.1, -0.05) is 13.2 Å². The lowest BCUT2D eigenvalue weighted by Gasteiger charge is -1.99. The van der Waals surface area contributed by atoms with Crippen molar-refractivity contribution in [3.05, 3.63) is 40.6 Å². The van der Waals surface area contributed by atoms with Gasteiger partial charge < -0.3 is 4.98 Å². The van der Waals surface area contributed by atoms with E-state index in [9.17, 15) is 9.59 Å². The van der Waals surface area contributed by atoms with E-state index in [-0.39, 0.29) is 5.69 Å². The van der Waals surface area contributed by atoms with E-state index in [1.165, 1.54) is 12.2 Å². The van der Waals surface area contributed by atoms with Crippen LogP contribution in [-0.2, 0) is 0 Å². The summed E-state index contributed by atoms with van der Waals surface area (Å²) in [6.45, 7) is 6.99. The molecule has 66 valence electrons. The second-order valence-electron chi connectivity index (χ2n) is 2.28. The molecule has 0 unspecified atom stereocenters. The number of aldehydes is 1. The highest BCUT2D eigenvalue weighted by Gasteiger charge is 2.04. The average molecular weight is 176 g/mol. The molecule has 13 heavy (non-hydrogen) atoms. The number of hydrogen-bond donors (Lipinski definition) is 1. The second-order valence-corrected chi connectivity index (χ2v) is 2.28. The molecule has 0 aromatic carbocycles. The van der Waals surface area contributed by atoms with Gasteiger partial charge in [-0.15, -0.1) is 0 Å². The van der Waals surface area contributed by atoms with Crippen LogP contribution in [0.15, 0.2) is 18.0 Å². The minimum absolute atomic E-state index is 0.152. The number of H-pyrrole nitrogens is 1. The van der Waals surface area contributed by atoms with Crippen LogP contribution in [0.3, 0.4) is 0 Å². The zero-order chi connectivity index (χ0) is 9.84. The van der Waals surface area contributed by atoms with Gasteiger partial charge in [0.05, 0.1) is 11.4 Å². The predicted molar refractivity (Wildman–Crippen MR) is 50.4 cm³/mol. The highest BCUT2D eigenvalue weighted by molar-refractivity contribution is 5.72. The molecule has 0 spiro atoms. The fourth-order valence-electron chi connectivity index (χ4n) is 0.882. The van der Waals surface area contributed by atoms with E-state index in [0.717, 1.165) is 0 Å². The van der Waals surface area contributed by atoms with Crippen LogP contribution < -0.4 is 5.56 Å². The Bertz CT molecular complexity index is 418. The average Bonchev–Trinajstić information content (AvgIpc) is 2.17. The third-order valence-corrected chi connectivity index (χ3v) is 1.51. The number of aromatic nitrogens is 2. The Morgan fingerprint density at radius 2 is 1.92 bits per heavy atom. The van der Waals surface area contributed by atoms with Crippen molar-refractivity contribution in [2.45, 2.75) is 0 Å². The van der Waals surface area contributed by atoms with E-state index in [4.69, 9.17) is 0 Å². The minimum atomic E-state index is -0.518. The fourth-order valence-corrected chi connectivity index (χ4v) is 0.882. The van der Waals surface area contributed by atoms with Gasteiger partial charge >= 0.3 is 0 Å². The van der Waals surface area contributed by atoms with E-state index < -0.39 is 5.56 Å². The van der Waals surface area contributed by atoms with Crippen molar-refractivity contribution in [3.63, 3.8) is 0 Å². The Labute approximate surface area is 74.6 Å². The first kappa shape index (κ1) is 9.12. The monoisotopic (exact) mass is 176 g/mol. The molecule has 0 fully saturated rings. The van der Waals surface area contributed by atoms with Crippen molar-refractivity contribution in [1.82, 2.24) is 9.97 Å². The van der Waals surface area contributed by atoms with Crippen LogP contribution in [-0.4, -0.2) is 16.3 Å². The van der Waals surface area contributed by atoms with Crippen molar-refractivity contribution in [1.29, 1.82) is 0 Å². The van der Waals surface area contributed by atoms with E-state index in [1.807, 2.05) is 0 Å². The van der Waals surface area contributed by atoms with Crippen LogP contribution in [0.25, 0.3) is 12.2 Å². The van der Waals surface area contributed by atoms with E-state index in [0.29, 0.717) is 17.7 Å². The highest BCUT2D eigenvalue weighted by Crippen LogP contribution is 2.03. The summed E-state index contributed by atoms with van der Waals surface area (Å²) in [5.74, 6) is 0. The predicted octanol–water partition coefficient (Wildman–Crippen LogP) is 0.868. The Morgan fingerprint density at radius 3 is 2.38 bits per heavy atom. The van der Waals surface area contributed by atoms with Crippen molar-refractivity contribution in [2.75, 3.05) is 0 Å². The maximum absolute atomic E-state index is 11.1. The van der Waals surface area contributed by atoms with Crippen LogP contribution in [0.1, 0.15) is 21.9 Å². The zero-order valence-electron chi connectivity index (χ0n) is 6.91. The van der Waals surface area contributed by atoms with Gasteiger partial charge in [0.25, 0.3) is 5.56 Å². The van der Waals surface area contributed by atoms with Crippen molar-refractivity contribution < 1.29 is 4.79 Å². The van der Waals surface area contributed by atoms with Crippen LogP contribution in [0, 0.1) is 0 Å². The van der Waals surface area contributed by atoms with Crippen LogP contribution >= 0.6 is 0 Å². The highest BCUT2D eigenvalue weighted by atomic mass is 16.1. The quantitative estimate of drug-likeness (QED) is 0.695. The molecule has 0 saturated heterocycles. The molecule has 0 aliphatic carbocycles. The molecule has 0 amide bonds. The van der Waals surface area contributed by atoms with E-state index >= 15 is 0 Å². The first-order chi connectivity index (χ1) is 6.22. The van der Waals surface area contributed by atoms with Gasteiger partial charge in [-0.3, -0.25) is 9.59 Å². The van der Waals surface area contributed by atoms with Gasteiger partial charge in [-0.05, 0) is 12.2 Å². The number of aromatic amines is 1. The molecule has 0 atom stereocenters. The number of carbonyl (C=O) groups excluding carboxylic acids is 1. The summed E-state index contributed by atoms with van der Waals surface area (Å²) in [6.07, 6.45) is 3.29. The summed E-state index contributed by atoms with van der Waals surface area (Å²) in [5, 5.41) is 0. The molecule has 0 saturated carbocycles. The molecule has 0 aliphatic rings. The molecule has 1 rings (SSSR count). The van der Waals surface area contributed by atoms with Gasteiger partial charge in [0.1, 0.15) is 0 Å². The Balaban J connectivity index is 3.51. The molecule has 4 heteroatoms. The van der Waals surface area contributed by atoms with Crippen molar-refractivity contribution in [3.8, 4) is 0 Å². The lowest BCUT2D eigenvalue weighted by atomic mass is 10.3. The number of nitrogens with one attached hydrogen (secondary N) is 1. The topological polar surface area (TPSA) is 62.8 Å². The number of nitrogens with zero attached hydrogens (tertiary/aromatic N) is 1. The lowest BCUT2D eigenvalue weighted by molar-refractivity contribution is 0.111. The molecule has 1 N–H and O–H groups in total. The lowest BCUT2D eigenvalue weighted by Crippen LogP contribution is -2.16. The Hall–Kier alpha value is -1.97. The third-order valence-electron chi connectivity index (χ3n) is 1.51. The van der Waals surface area contributed by atoms with Gasteiger partial charge in [0.15, 0.2) is 12.0 Å². The molecule has 1 heterocycles. The van der Waals surface area contributed by atoms with Crippen LogP contribution in [0.5, 0.6) is 0 Å². The van der Waals surface area contributed by atoms with Crippen LogP contribution in [0.2, 0.25) is 0 Å². The van der Waals surface area contributed by atoms with Gasteiger partial charge in [0, 0.05) is 0 Å². The second kappa shape index (κ2) is 3.62. The number of hydrogen-bond acceptors (Lipinski definition) is 3. The maximum atomic E-state index is 11.1. The molecule has 0 bridgehead atoms. The van der Waals surface area contributed by atoms with Crippen molar-refractivity contribution in [2.24, 2.45) is 0 Å². The van der Waals surface area contributed by atoms with Gasteiger partial charge in [0.2, 0.25) is 0 Å². The first-order valence-electron chi connectivity index (χ1n) is 3.57. The summed E-state index contributed by atoms with van der Waals surface area (Å²) in [7, 11) is 0. The Kier molecular flexibility index (Phi) is 2.54. The van der Waals surface area contributed by atoms with Crippen molar-refractivity contribution >= 4 is 18.4 Å².